The van der Waals surface area contributed by atoms with E-state index >= 15 is 0 Å². The van der Waals surface area contributed by atoms with Gasteiger partial charge in [0, 0.05) is 41.7 Å². The lowest BCUT2D eigenvalue weighted by atomic mass is 9.74. The van der Waals surface area contributed by atoms with Crippen molar-refractivity contribution in [2.45, 2.75) is 56.6 Å². The zero-order chi connectivity index (χ0) is 20.7. The van der Waals surface area contributed by atoms with Crippen molar-refractivity contribution in [1.29, 1.82) is 0 Å². The second kappa shape index (κ2) is 8.08. The van der Waals surface area contributed by atoms with Crippen LogP contribution in [0.25, 0.3) is 10.9 Å². The summed E-state index contributed by atoms with van der Waals surface area (Å²) in [5.41, 5.74) is 8.32. The number of amides is 1. The molecule has 5 unspecified atom stereocenters. The third-order valence-electron chi connectivity index (χ3n) is 6.34. The van der Waals surface area contributed by atoms with Gasteiger partial charge in [-0.2, -0.15) is 0 Å². The fourth-order valence-corrected chi connectivity index (χ4v) is 5.50. The molecule has 2 aromatic heterocycles. The van der Waals surface area contributed by atoms with Crippen molar-refractivity contribution < 1.29 is 4.79 Å². The molecule has 4 N–H and O–H groups in total. The third-order valence-corrected chi connectivity index (χ3v) is 7.36. The predicted molar refractivity (Wildman–Crippen MR) is 117 cm³/mol. The van der Waals surface area contributed by atoms with Crippen LogP contribution in [0.15, 0.2) is 23.1 Å². The van der Waals surface area contributed by atoms with Crippen molar-refractivity contribution in [3.63, 3.8) is 0 Å². The molecule has 0 spiro atoms. The van der Waals surface area contributed by atoms with E-state index in [9.17, 15) is 9.59 Å². The molecule has 0 bridgehead atoms. The average Bonchev–Trinajstić information content (AvgIpc) is 3.13. The summed E-state index contributed by atoms with van der Waals surface area (Å²) in [5.74, 6) is 1.21. The number of fused-ring (bicyclic) bond motifs is 1. The van der Waals surface area contributed by atoms with Gasteiger partial charge in [-0.3, -0.25) is 19.9 Å². The molecule has 1 aliphatic carbocycles. The van der Waals surface area contributed by atoms with Crippen LogP contribution in [0.4, 0.5) is 0 Å². The van der Waals surface area contributed by atoms with Crippen molar-refractivity contribution in [3.05, 3.63) is 39.9 Å². The van der Waals surface area contributed by atoms with Gasteiger partial charge in [0.2, 0.25) is 5.91 Å². The third kappa shape index (κ3) is 4.06. The van der Waals surface area contributed by atoms with E-state index in [1.165, 1.54) is 0 Å². The predicted octanol–water partition coefficient (Wildman–Crippen LogP) is 1.58. The van der Waals surface area contributed by atoms with Gasteiger partial charge in [-0.25, -0.2) is 0 Å². The highest BCUT2D eigenvalue weighted by Gasteiger charge is 2.34. The van der Waals surface area contributed by atoms with E-state index in [1.807, 2.05) is 32.3 Å². The molecule has 7 nitrogen and oxygen atoms in total. The van der Waals surface area contributed by atoms with Gasteiger partial charge in [0.05, 0.1) is 11.6 Å². The molecule has 1 aliphatic heterocycles. The number of thioether (sulfide) groups is 1. The molecule has 156 valence electrons. The van der Waals surface area contributed by atoms with Gasteiger partial charge in [0.25, 0.3) is 5.56 Å². The largest absolute Gasteiger partial charge is 0.352 e. The zero-order valence-corrected chi connectivity index (χ0v) is 18.0. The zero-order valence-electron chi connectivity index (χ0n) is 17.1. The number of carbonyl (C=O) groups is 1. The number of nitrogens with zero attached hydrogens (tertiary/aromatic N) is 2. The van der Waals surface area contributed by atoms with Crippen molar-refractivity contribution in [1.82, 2.24) is 20.2 Å². The lowest BCUT2D eigenvalue weighted by Gasteiger charge is -2.35. The maximum atomic E-state index is 13.1. The Hall–Kier alpha value is -1.90. The lowest BCUT2D eigenvalue weighted by molar-refractivity contribution is -0.123. The summed E-state index contributed by atoms with van der Waals surface area (Å²) in [7, 11) is 1.83. The molecule has 1 saturated heterocycles. The number of pyridine rings is 2. The van der Waals surface area contributed by atoms with E-state index in [0.29, 0.717) is 11.7 Å². The van der Waals surface area contributed by atoms with Gasteiger partial charge in [-0.1, -0.05) is 6.92 Å². The molecule has 29 heavy (non-hydrogen) atoms. The number of rotatable bonds is 3. The number of carbonyl (C=O) groups excluding carboxylic acids is 1. The number of nitrogens with two attached hydrogens (primary N) is 1. The number of hydrogen-bond acceptors (Lipinski definition) is 6. The molecule has 2 aromatic rings. The molecule has 1 amide bonds. The topological polar surface area (TPSA) is 102 Å². The van der Waals surface area contributed by atoms with E-state index in [-0.39, 0.29) is 35.0 Å². The van der Waals surface area contributed by atoms with Crippen LogP contribution in [-0.2, 0) is 11.8 Å². The maximum Gasteiger partial charge on any atom is 0.254 e. The van der Waals surface area contributed by atoms with Crippen LogP contribution in [0.1, 0.15) is 43.4 Å². The molecule has 1 saturated carbocycles. The maximum absolute atomic E-state index is 13.1. The summed E-state index contributed by atoms with van der Waals surface area (Å²) in [4.78, 5) is 30.1. The molecular formula is C21H29N5O2S. The van der Waals surface area contributed by atoms with Crippen molar-refractivity contribution in [2.24, 2.45) is 18.7 Å². The minimum atomic E-state index is -0.240. The van der Waals surface area contributed by atoms with E-state index in [1.54, 1.807) is 16.3 Å². The van der Waals surface area contributed by atoms with Crippen molar-refractivity contribution >= 4 is 28.6 Å². The minimum absolute atomic E-state index is 0.00911. The molecule has 2 fully saturated rings. The Kier molecular flexibility index (Phi) is 5.68. The minimum Gasteiger partial charge on any atom is -0.352 e. The second-order valence-electron chi connectivity index (χ2n) is 8.42. The Morgan fingerprint density at radius 1 is 1.38 bits per heavy atom. The number of hydrogen-bond donors (Lipinski definition) is 3. The Balaban J connectivity index is 1.57. The fraction of sp³-hybridized carbons (Fsp3) is 0.571. The van der Waals surface area contributed by atoms with Crippen LogP contribution in [0.3, 0.4) is 0 Å². The van der Waals surface area contributed by atoms with Crippen LogP contribution in [0.5, 0.6) is 0 Å². The smallest absolute Gasteiger partial charge is 0.254 e. The second-order valence-corrected chi connectivity index (χ2v) is 9.60. The van der Waals surface area contributed by atoms with E-state index < -0.39 is 0 Å². The fourth-order valence-electron chi connectivity index (χ4n) is 4.59. The highest BCUT2D eigenvalue weighted by Crippen LogP contribution is 2.37. The summed E-state index contributed by atoms with van der Waals surface area (Å²) in [5, 5.41) is 7.27. The summed E-state index contributed by atoms with van der Waals surface area (Å²) in [6.45, 7) is 4.13. The van der Waals surface area contributed by atoms with Crippen LogP contribution >= 0.6 is 11.8 Å². The lowest BCUT2D eigenvalue weighted by Crippen LogP contribution is -2.50. The quantitative estimate of drug-likeness (QED) is 0.703. The first-order valence-electron chi connectivity index (χ1n) is 10.2. The van der Waals surface area contributed by atoms with Gasteiger partial charge in [0.15, 0.2) is 0 Å². The van der Waals surface area contributed by atoms with Crippen LogP contribution in [0.2, 0.25) is 0 Å². The highest BCUT2D eigenvalue weighted by molar-refractivity contribution is 8.00. The molecule has 5 atom stereocenters. The number of nitrogens with one attached hydrogen (secondary N) is 2. The van der Waals surface area contributed by atoms with Crippen molar-refractivity contribution in [2.75, 3.05) is 5.75 Å². The van der Waals surface area contributed by atoms with Gasteiger partial charge < -0.3 is 15.6 Å². The SMILES string of the molecule is Cc1cc2c(cn1)cc(C1CC(NC(=O)C3CSC(N)N3)CCC1C)c(=O)n2C. The van der Waals surface area contributed by atoms with Gasteiger partial charge in [-0.15, -0.1) is 11.8 Å². The molecule has 4 rings (SSSR count). The molecule has 3 heterocycles. The molecule has 8 heteroatoms. The summed E-state index contributed by atoms with van der Waals surface area (Å²) in [6.07, 6.45) is 4.53. The molecular weight excluding hydrogens is 386 g/mol. The monoisotopic (exact) mass is 415 g/mol. The summed E-state index contributed by atoms with van der Waals surface area (Å²) < 4.78 is 1.73. The molecule has 0 radical (unpaired) electrons. The normalized spacial score (nSPS) is 29.9. The van der Waals surface area contributed by atoms with E-state index in [4.69, 9.17) is 5.73 Å². The molecule has 2 aliphatic rings. The number of aryl methyl sites for hydroxylation is 2. The Morgan fingerprint density at radius 2 is 2.17 bits per heavy atom. The average molecular weight is 416 g/mol. The Morgan fingerprint density at radius 3 is 2.90 bits per heavy atom. The molecule has 0 aromatic carbocycles. The first kappa shape index (κ1) is 20.4. The van der Waals surface area contributed by atoms with Gasteiger partial charge in [0.1, 0.15) is 5.50 Å². The van der Waals surface area contributed by atoms with Crippen LogP contribution in [0, 0.1) is 12.8 Å². The first-order chi connectivity index (χ1) is 13.8. The van der Waals surface area contributed by atoms with Crippen LogP contribution < -0.4 is 21.9 Å². The standard InChI is InChI=1S/C21H29N5O2S/c1-11-4-5-14(24-19(27)17-10-29-21(22)25-17)8-15(11)16-7-13-9-23-12(2)6-18(13)26(3)20(16)28/h6-7,9,11,14-15,17,21,25H,4-5,8,10,22H2,1-3H3,(H,24,27). The number of aromatic nitrogens is 2. The first-order valence-corrected chi connectivity index (χ1v) is 11.3. The van der Waals surface area contributed by atoms with Crippen LogP contribution in [-0.4, -0.2) is 38.8 Å². The highest BCUT2D eigenvalue weighted by atomic mass is 32.2. The Labute approximate surface area is 174 Å². The van der Waals surface area contributed by atoms with Gasteiger partial charge in [-0.05, 0) is 50.2 Å². The van der Waals surface area contributed by atoms with E-state index in [2.05, 4.69) is 22.5 Å². The van der Waals surface area contributed by atoms with E-state index in [0.717, 1.165) is 41.4 Å². The van der Waals surface area contributed by atoms with Gasteiger partial charge >= 0.3 is 0 Å². The van der Waals surface area contributed by atoms with Crippen molar-refractivity contribution in [3.8, 4) is 0 Å². The summed E-state index contributed by atoms with van der Waals surface area (Å²) in [6, 6.07) is 3.79. The Bertz CT molecular complexity index is 991. The summed E-state index contributed by atoms with van der Waals surface area (Å²) >= 11 is 1.55.